The monoisotopic (exact) mass is 242 g/mol. The third-order valence-electron chi connectivity index (χ3n) is 2.64. The van der Waals surface area contributed by atoms with Gasteiger partial charge in [-0.15, -0.1) is 0 Å². The van der Waals surface area contributed by atoms with Crippen molar-refractivity contribution >= 4 is 11.6 Å². The van der Waals surface area contributed by atoms with Crippen molar-refractivity contribution in [2.24, 2.45) is 5.41 Å². The van der Waals surface area contributed by atoms with Crippen LogP contribution in [0.15, 0.2) is 24.3 Å². The van der Waals surface area contributed by atoms with E-state index in [-0.39, 0.29) is 12.0 Å². The van der Waals surface area contributed by atoms with Crippen LogP contribution in [-0.2, 0) is 0 Å². The summed E-state index contributed by atoms with van der Waals surface area (Å²) in [5.74, 6) is 0.792. The molecule has 1 aromatic carbocycles. The summed E-state index contributed by atoms with van der Waals surface area (Å²) in [6.07, 6.45) is 2.00. The maximum Gasteiger partial charge on any atom is 0.119 e. The van der Waals surface area contributed by atoms with Crippen LogP contribution >= 0.6 is 11.6 Å². The van der Waals surface area contributed by atoms with Gasteiger partial charge in [0.1, 0.15) is 5.75 Å². The second kappa shape index (κ2) is 6.12. The quantitative estimate of drug-likeness (QED) is 0.827. The molecule has 2 nitrogen and oxygen atoms in total. The van der Waals surface area contributed by atoms with Gasteiger partial charge in [-0.1, -0.05) is 31.9 Å². The molecule has 0 heterocycles. The summed E-state index contributed by atoms with van der Waals surface area (Å²) in [5.41, 5.74) is -0.158. The molecule has 0 aromatic heterocycles. The molecule has 16 heavy (non-hydrogen) atoms. The average molecular weight is 243 g/mol. The maximum absolute atomic E-state index is 9.34. The molecule has 0 aliphatic rings. The van der Waals surface area contributed by atoms with Crippen molar-refractivity contribution < 1.29 is 9.84 Å². The molecule has 0 bridgehead atoms. The van der Waals surface area contributed by atoms with Crippen LogP contribution in [0.5, 0.6) is 5.75 Å². The van der Waals surface area contributed by atoms with Gasteiger partial charge in [0.15, 0.2) is 0 Å². The lowest BCUT2D eigenvalue weighted by molar-refractivity contribution is 0.0734. The third kappa shape index (κ3) is 4.03. The van der Waals surface area contributed by atoms with E-state index >= 15 is 0 Å². The van der Waals surface area contributed by atoms with Crippen molar-refractivity contribution in [3.8, 4) is 5.75 Å². The molecule has 1 atom stereocenters. The van der Waals surface area contributed by atoms with Crippen molar-refractivity contribution in [3.05, 3.63) is 29.3 Å². The lowest BCUT2D eigenvalue weighted by atomic mass is 9.88. The van der Waals surface area contributed by atoms with E-state index in [1.165, 1.54) is 0 Å². The van der Waals surface area contributed by atoms with Crippen LogP contribution < -0.4 is 4.74 Å². The number of hydrogen-bond acceptors (Lipinski definition) is 2. The molecule has 1 rings (SSSR count). The van der Waals surface area contributed by atoms with E-state index in [0.717, 1.165) is 18.6 Å². The molecule has 0 radical (unpaired) electrons. The summed E-state index contributed by atoms with van der Waals surface area (Å²) >= 11 is 5.78. The van der Waals surface area contributed by atoms with Crippen molar-refractivity contribution in [3.63, 3.8) is 0 Å². The summed E-state index contributed by atoms with van der Waals surface area (Å²) in [6, 6.07) is 7.28. The van der Waals surface area contributed by atoms with Crippen LogP contribution in [-0.4, -0.2) is 18.3 Å². The zero-order valence-corrected chi connectivity index (χ0v) is 10.6. The first-order valence-corrected chi connectivity index (χ1v) is 5.97. The van der Waals surface area contributed by atoms with Crippen molar-refractivity contribution in [2.75, 3.05) is 13.2 Å². The summed E-state index contributed by atoms with van der Waals surface area (Å²) in [6.45, 7) is 4.82. The molecule has 0 unspecified atom stereocenters. The second-order valence-electron chi connectivity index (χ2n) is 4.46. The first-order valence-electron chi connectivity index (χ1n) is 5.59. The topological polar surface area (TPSA) is 29.5 Å². The van der Waals surface area contributed by atoms with Crippen molar-refractivity contribution in [2.45, 2.75) is 26.7 Å². The van der Waals surface area contributed by atoms with E-state index in [1.807, 2.05) is 19.1 Å². The predicted octanol–water partition coefficient (Wildman–Crippen LogP) is 3.52. The van der Waals surface area contributed by atoms with Crippen LogP contribution in [0.3, 0.4) is 0 Å². The van der Waals surface area contributed by atoms with Gasteiger partial charge in [-0.05, 0) is 30.7 Å². The Bertz CT molecular complexity index is 310. The molecule has 0 aliphatic carbocycles. The highest BCUT2D eigenvalue weighted by Crippen LogP contribution is 2.24. The van der Waals surface area contributed by atoms with E-state index in [1.54, 1.807) is 12.1 Å². The summed E-state index contributed by atoms with van der Waals surface area (Å²) < 4.78 is 5.65. The number of aliphatic hydroxyl groups is 1. The average Bonchev–Trinajstić information content (AvgIpc) is 2.29. The number of rotatable bonds is 6. The Morgan fingerprint density at radius 2 is 1.94 bits per heavy atom. The highest BCUT2D eigenvalue weighted by atomic mass is 35.5. The Morgan fingerprint density at radius 3 is 2.44 bits per heavy atom. The number of hydrogen-bond donors (Lipinski definition) is 1. The van der Waals surface area contributed by atoms with E-state index in [2.05, 4.69) is 6.92 Å². The highest BCUT2D eigenvalue weighted by Gasteiger charge is 2.23. The Morgan fingerprint density at radius 1 is 1.31 bits per heavy atom. The molecule has 0 saturated heterocycles. The van der Waals surface area contributed by atoms with Gasteiger partial charge in [0, 0.05) is 10.4 Å². The van der Waals surface area contributed by atoms with Gasteiger partial charge in [0.25, 0.3) is 0 Å². The molecular weight excluding hydrogens is 224 g/mol. The lowest BCUT2D eigenvalue weighted by Crippen LogP contribution is -2.29. The number of benzene rings is 1. The fourth-order valence-electron chi connectivity index (χ4n) is 1.59. The number of halogens is 1. The minimum atomic E-state index is -0.158. The lowest BCUT2D eigenvalue weighted by Gasteiger charge is -2.26. The zero-order valence-electron chi connectivity index (χ0n) is 9.87. The second-order valence-corrected chi connectivity index (χ2v) is 4.90. The van der Waals surface area contributed by atoms with E-state index in [4.69, 9.17) is 16.3 Å². The first-order chi connectivity index (χ1) is 7.59. The molecule has 1 N–H and O–H groups in total. The molecule has 0 spiro atoms. The Kier molecular flexibility index (Phi) is 5.10. The molecular formula is C13H19ClO2. The smallest absolute Gasteiger partial charge is 0.119 e. The van der Waals surface area contributed by atoms with Crippen molar-refractivity contribution in [1.82, 2.24) is 0 Å². The van der Waals surface area contributed by atoms with Crippen LogP contribution in [0.25, 0.3) is 0 Å². The maximum atomic E-state index is 9.34. The zero-order chi connectivity index (χ0) is 12.0. The van der Waals surface area contributed by atoms with E-state index in [0.29, 0.717) is 11.6 Å². The standard InChI is InChI=1S/C13H19ClO2/c1-3-8-13(2,9-15)10-16-12-6-4-11(14)5-7-12/h4-7,15H,3,8-10H2,1-2H3/t13-/m1/s1. The Labute approximate surface area is 102 Å². The highest BCUT2D eigenvalue weighted by molar-refractivity contribution is 6.30. The fourth-order valence-corrected chi connectivity index (χ4v) is 1.71. The van der Waals surface area contributed by atoms with Crippen LogP contribution in [0, 0.1) is 5.41 Å². The van der Waals surface area contributed by atoms with Crippen LogP contribution in [0.2, 0.25) is 5.02 Å². The van der Waals surface area contributed by atoms with Crippen LogP contribution in [0.1, 0.15) is 26.7 Å². The van der Waals surface area contributed by atoms with Gasteiger partial charge >= 0.3 is 0 Å². The van der Waals surface area contributed by atoms with E-state index < -0.39 is 0 Å². The van der Waals surface area contributed by atoms with Gasteiger partial charge in [-0.25, -0.2) is 0 Å². The van der Waals surface area contributed by atoms with Gasteiger partial charge in [-0.2, -0.15) is 0 Å². The predicted molar refractivity (Wildman–Crippen MR) is 67.0 cm³/mol. The van der Waals surface area contributed by atoms with Crippen molar-refractivity contribution in [1.29, 1.82) is 0 Å². The minimum absolute atomic E-state index is 0.147. The molecule has 0 aliphatic heterocycles. The Hall–Kier alpha value is -0.730. The summed E-state index contributed by atoms with van der Waals surface area (Å²) in [7, 11) is 0. The molecule has 3 heteroatoms. The third-order valence-corrected chi connectivity index (χ3v) is 2.89. The molecule has 0 fully saturated rings. The van der Waals surface area contributed by atoms with Gasteiger partial charge in [0.05, 0.1) is 13.2 Å². The largest absolute Gasteiger partial charge is 0.493 e. The summed E-state index contributed by atoms with van der Waals surface area (Å²) in [4.78, 5) is 0. The molecule has 90 valence electrons. The van der Waals surface area contributed by atoms with Gasteiger partial charge < -0.3 is 9.84 Å². The summed E-state index contributed by atoms with van der Waals surface area (Å²) in [5, 5.41) is 10.0. The number of ether oxygens (including phenoxy) is 1. The van der Waals surface area contributed by atoms with E-state index in [9.17, 15) is 5.11 Å². The number of aliphatic hydroxyl groups excluding tert-OH is 1. The van der Waals surface area contributed by atoms with Gasteiger partial charge in [0.2, 0.25) is 0 Å². The fraction of sp³-hybridized carbons (Fsp3) is 0.538. The molecule has 0 amide bonds. The molecule has 1 aromatic rings. The van der Waals surface area contributed by atoms with Crippen LogP contribution in [0.4, 0.5) is 0 Å². The SMILES string of the molecule is CCC[C@](C)(CO)COc1ccc(Cl)cc1. The minimum Gasteiger partial charge on any atom is -0.493 e. The van der Waals surface area contributed by atoms with Gasteiger partial charge in [-0.3, -0.25) is 0 Å². The first kappa shape index (κ1) is 13.3. The normalized spacial score (nSPS) is 14.5. The molecule has 0 saturated carbocycles. The Balaban J connectivity index is 2.52.